The van der Waals surface area contributed by atoms with E-state index in [2.05, 4.69) is 5.32 Å². The van der Waals surface area contributed by atoms with Crippen molar-refractivity contribution in [1.29, 1.82) is 0 Å². The first-order valence-corrected chi connectivity index (χ1v) is 10.0. The van der Waals surface area contributed by atoms with E-state index >= 15 is 0 Å². The van der Waals surface area contributed by atoms with Gasteiger partial charge < -0.3 is 15.0 Å². The third kappa shape index (κ3) is 6.89. The molecular formula is C23H29FN2O3. The molecule has 0 aromatic heterocycles. The number of hydrogen-bond donors (Lipinski definition) is 1. The van der Waals surface area contributed by atoms with E-state index in [1.165, 1.54) is 12.1 Å². The highest BCUT2D eigenvalue weighted by atomic mass is 19.1. The molecule has 2 amide bonds. The van der Waals surface area contributed by atoms with Gasteiger partial charge in [-0.3, -0.25) is 9.59 Å². The zero-order chi connectivity index (χ0) is 21.1. The van der Waals surface area contributed by atoms with Crippen molar-refractivity contribution >= 4 is 11.8 Å². The first kappa shape index (κ1) is 22.4. The Morgan fingerprint density at radius 2 is 1.76 bits per heavy atom. The summed E-state index contributed by atoms with van der Waals surface area (Å²) in [6, 6.07) is 15.1. The fourth-order valence-corrected chi connectivity index (χ4v) is 3.05. The third-order valence-electron chi connectivity index (χ3n) is 4.61. The average molecular weight is 400 g/mol. The number of carbonyl (C=O) groups is 2. The second-order valence-electron chi connectivity index (χ2n) is 6.76. The molecule has 0 aliphatic rings. The maximum absolute atomic E-state index is 13.8. The highest BCUT2D eigenvalue weighted by molar-refractivity contribution is 5.88. The van der Waals surface area contributed by atoms with E-state index in [1.807, 2.05) is 44.2 Å². The first-order valence-electron chi connectivity index (χ1n) is 10.0. The van der Waals surface area contributed by atoms with Gasteiger partial charge in [0.05, 0.1) is 0 Å². The molecule has 5 nitrogen and oxygen atoms in total. The number of nitrogens with one attached hydrogen (secondary N) is 1. The number of amides is 2. The summed E-state index contributed by atoms with van der Waals surface area (Å²) in [6.07, 6.45) is 1.91. The van der Waals surface area contributed by atoms with E-state index in [4.69, 9.17) is 4.74 Å². The van der Waals surface area contributed by atoms with Crippen LogP contribution >= 0.6 is 0 Å². The predicted octanol–water partition coefficient (Wildman–Crippen LogP) is 3.58. The third-order valence-corrected chi connectivity index (χ3v) is 4.61. The minimum atomic E-state index is -0.595. The Hall–Kier alpha value is -2.89. The Kier molecular flexibility index (Phi) is 9.15. The molecule has 0 heterocycles. The van der Waals surface area contributed by atoms with Crippen LogP contribution in [0.1, 0.15) is 32.3 Å². The van der Waals surface area contributed by atoms with Crippen LogP contribution in [0.4, 0.5) is 4.39 Å². The van der Waals surface area contributed by atoms with E-state index < -0.39 is 11.9 Å². The highest BCUT2D eigenvalue weighted by Crippen LogP contribution is 2.16. The van der Waals surface area contributed by atoms with Gasteiger partial charge in [0.2, 0.25) is 5.91 Å². The van der Waals surface area contributed by atoms with E-state index in [0.29, 0.717) is 25.9 Å². The van der Waals surface area contributed by atoms with Crippen molar-refractivity contribution in [2.45, 2.75) is 39.2 Å². The van der Waals surface area contributed by atoms with Crippen LogP contribution in [0.25, 0.3) is 0 Å². The molecule has 29 heavy (non-hydrogen) atoms. The lowest BCUT2D eigenvalue weighted by Crippen LogP contribution is -2.51. The van der Waals surface area contributed by atoms with Crippen LogP contribution in [-0.2, 0) is 16.0 Å². The van der Waals surface area contributed by atoms with Crippen molar-refractivity contribution in [2.75, 3.05) is 19.7 Å². The summed E-state index contributed by atoms with van der Waals surface area (Å²) in [5.74, 6) is -1.03. The van der Waals surface area contributed by atoms with Gasteiger partial charge in [-0.05, 0) is 37.0 Å². The lowest BCUT2D eigenvalue weighted by atomic mass is 10.1. The van der Waals surface area contributed by atoms with Crippen molar-refractivity contribution < 1.29 is 18.7 Å². The van der Waals surface area contributed by atoms with Gasteiger partial charge in [0, 0.05) is 13.1 Å². The van der Waals surface area contributed by atoms with Gasteiger partial charge in [0.15, 0.2) is 18.2 Å². The molecule has 2 aromatic carbocycles. The lowest BCUT2D eigenvalue weighted by Gasteiger charge is -2.30. The Balaban J connectivity index is 2.11. The summed E-state index contributed by atoms with van der Waals surface area (Å²) in [7, 11) is 0. The summed E-state index contributed by atoms with van der Waals surface area (Å²) in [5, 5.41) is 2.87. The van der Waals surface area contributed by atoms with Crippen LogP contribution in [-0.4, -0.2) is 42.5 Å². The first-order chi connectivity index (χ1) is 14.1. The van der Waals surface area contributed by atoms with Gasteiger partial charge in [-0.15, -0.1) is 0 Å². The number of halogens is 1. The largest absolute Gasteiger partial charge is 0.481 e. The van der Waals surface area contributed by atoms with Crippen LogP contribution in [0, 0.1) is 5.82 Å². The van der Waals surface area contributed by atoms with Gasteiger partial charge in [-0.2, -0.15) is 0 Å². The molecule has 0 spiro atoms. The van der Waals surface area contributed by atoms with Crippen LogP contribution in [0.2, 0.25) is 0 Å². The van der Waals surface area contributed by atoms with Gasteiger partial charge in [0.1, 0.15) is 6.04 Å². The van der Waals surface area contributed by atoms with Crippen LogP contribution < -0.4 is 10.1 Å². The molecule has 1 N–H and O–H groups in total. The Bertz CT molecular complexity index is 783. The summed E-state index contributed by atoms with van der Waals surface area (Å²) in [4.78, 5) is 27.1. The fraction of sp³-hybridized carbons (Fsp3) is 0.391. The van der Waals surface area contributed by atoms with Gasteiger partial charge in [0.25, 0.3) is 5.91 Å². The van der Waals surface area contributed by atoms with Crippen molar-refractivity contribution in [3.63, 3.8) is 0 Å². The van der Waals surface area contributed by atoms with Gasteiger partial charge in [-0.1, -0.05) is 56.3 Å². The fourth-order valence-electron chi connectivity index (χ4n) is 3.05. The molecular weight excluding hydrogens is 371 g/mol. The second kappa shape index (κ2) is 11.8. The van der Waals surface area contributed by atoms with E-state index in [1.54, 1.807) is 17.0 Å². The van der Waals surface area contributed by atoms with Crippen LogP contribution in [0.15, 0.2) is 54.6 Å². The summed E-state index contributed by atoms with van der Waals surface area (Å²) < 4.78 is 19.2. The molecule has 6 heteroatoms. The number of nitrogens with zero attached hydrogens (tertiary/aromatic N) is 1. The minimum absolute atomic E-state index is 0.0207. The number of hydrogen-bond acceptors (Lipinski definition) is 3. The summed E-state index contributed by atoms with van der Waals surface area (Å²) in [5.41, 5.74) is 1.07. The van der Waals surface area contributed by atoms with Gasteiger partial charge >= 0.3 is 0 Å². The number of benzene rings is 2. The number of rotatable bonds is 11. The van der Waals surface area contributed by atoms with E-state index in [-0.39, 0.29) is 24.2 Å². The van der Waals surface area contributed by atoms with Crippen molar-refractivity contribution in [3.8, 4) is 5.75 Å². The topological polar surface area (TPSA) is 58.6 Å². The molecule has 0 saturated heterocycles. The lowest BCUT2D eigenvalue weighted by molar-refractivity contribution is -0.142. The molecule has 0 bridgehead atoms. The Labute approximate surface area is 171 Å². The summed E-state index contributed by atoms with van der Waals surface area (Å²) in [6.45, 7) is 4.45. The smallest absolute Gasteiger partial charge is 0.261 e. The second-order valence-corrected chi connectivity index (χ2v) is 6.76. The number of para-hydroxylation sites is 1. The average Bonchev–Trinajstić information content (AvgIpc) is 2.74. The van der Waals surface area contributed by atoms with Gasteiger partial charge in [-0.25, -0.2) is 4.39 Å². The maximum Gasteiger partial charge on any atom is 0.261 e. The van der Waals surface area contributed by atoms with Crippen molar-refractivity contribution in [2.24, 2.45) is 0 Å². The molecule has 2 rings (SSSR count). The zero-order valence-electron chi connectivity index (χ0n) is 17.1. The zero-order valence-corrected chi connectivity index (χ0v) is 17.1. The molecule has 2 aromatic rings. The van der Waals surface area contributed by atoms with Crippen LogP contribution in [0.3, 0.4) is 0 Å². The molecule has 0 aliphatic heterocycles. The Morgan fingerprint density at radius 3 is 2.41 bits per heavy atom. The standard InChI is InChI=1S/C23H29FN2O3/c1-3-15-25-23(28)20(4-2)26(16-14-18-10-6-5-7-11-18)22(27)17-29-21-13-9-8-12-19(21)24/h5-13,20H,3-4,14-17H2,1-2H3,(H,25,28)/t20-/m1/s1. The molecule has 0 fully saturated rings. The monoisotopic (exact) mass is 400 g/mol. The van der Waals surface area contributed by atoms with Crippen LogP contribution in [0.5, 0.6) is 5.75 Å². The quantitative estimate of drug-likeness (QED) is 0.627. The molecule has 0 unspecified atom stereocenters. The van der Waals surface area contributed by atoms with E-state index in [9.17, 15) is 14.0 Å². The Morgan fingerprint density at radius 1 is 1.07 bits per heavy atom. The summed E-state index contributed by atoms with van der Waals surface area (Å²) >= 11 is 0. The molecule has 0 aliphatic carbocycles. The molecule has 0 saturated carbocycles. The molecule has 1 atom stereocenters. The predicted molar refractivity (Wildman–Crippen MR) is 111 cm³/mol. The molecule has 0 radical (unpaired) electrons. The molecule has 156 valence electrons. The number of ether oxygens (including phenoxy) is 1. The highest BCUT2D eigenvalue weighted by Gasteiger charge is 2.28. The maximum atomic E-state index is 13.8. The minimum Gasteiger partial charge on any atom is -0.481 e. The normalized spacial score (nSPS) is 11.6. The van der Waals surface area contributed by atoms with Crippen molar-refractivity contribution in [3.05, 3.63) is 66.0 Å². The number of carbonyl (C=O) groups excluding carboxylic acids is 2. The van der Waals surface area contributed by atoms with E-state index in [0.717, 1.165) is 12.0 Å². The SMILES string of the molecule is CCCNC(=O)[C@@H](CC)N(CCc1ccccc1)C(=O)COc1ccccc1F. The van der Waals surface area contributed by atoms with Crippen molar-refractivity contribution in [1.82, 2.24) is 10.2 Å².